The summed E-state index contributed by atoms with van der Waals surface area (Å²) in [6, 6.07) is 23.9. The number of aliphatic hydroxyl groups excluding tert-OH is 1. The number of hydrogen-bond acceptors (Lipinski definition) is 10. The number of imidazole rings is 2. The van der Waals surface area contributed by atoms with Gasteiger partial charge in [-0.3, -0.25) is 14.4 Å². The van der Waals surface area contributed by atoms with Crippen LogP contribution in [0.25, 0.3) is 0 Å². The van der Waals surface area contributed by atoms with Crippen molar-refractivity contribution >= 4 is 23.7 Å². The van der Waals surface area contributed by atoms with Gasteiger partial charge in [-0.2, -0.15) is 0 Å². The van der Waals surface area contributed by atoms with Gasteiger partial charge < -0.3 is 45.4 Å². The summed E-state index contributed by atoms with van der Waals surface area (Å²) >= 11 is 0. The van der Waals surface area contributed by atoms with Crippen molar-refractivity contribution in [2.45, 2.75) is 142 Å². The Morgan fingerprint density at radius 1 is 0.789 bits per heavy atom. The van der Waals surface area contributed by atoms with E-state index in [9.17, 15) is 24.3 Å². The number of fused-ring (bicyclic) bond motifs is 2. The number of aliphatic hydroxyl groups is 1. The molecule has 3 unspecified atom stereocenters. The number of esters is 1. The SMILES string of the molecule is CC[C@H](C)[C@H](NC(=O)C(CC(O)C(CC(C)C)NC(=O)[C@H](Cc1cncn1COCc1ccccc1)NCCC1c2ccccc2CCc2ccccc21)C(C)C)C(=O)N[C@@H](Cc1cnc[nH]1)C(=O)OC. The Balaban J connectivity index is 1.19. The van der Waals surface area contributed by atoms with E-state index in [4.69, 9.17) is 9.47 Å². The number of aromatic amines is 1. The molecule has 0 spiro atoms. The Kier molecular flexibility index (Phi) is 20.5. The van der Waals surface area contributed by atoms with Crippen molar-refractivity contribution in [1.82, 2.24) is 40.8 Å². The summed E-state index contributed by atoms with van der Waals surface area (Å²) in [6.07, 6.45) is 9.59. The van der Waals surface area contributed by atoms with Crippen LogP contribution < -0.4 is 21.3 Å². The van der Waals surface area contributed by atoms with Crippen LogP contribution in [0.5, 0.6) is 0 Å². The standard InChI is InChI=1S/C56H76N8O7/c1-8-38(6)52(55(68)62-50(56(69)70-7)27-42-30-57-33-60-42)63-53(66)47(37(4)5)29-51(65)48(26-36(2)3)61-54(67)49(28-43-31-58-34-64(43)35-71-32-39-16-10-9-11-17-39)59-25-24-46-44-20-14-12-18-40(44)22-23-41-19-13-15-21-45(41)46/h9-21,30-31,33-34,36-38,46-52,59,65H,8,22-29,32,35H2,1-7H3,(H,57,60)(H,61,67)(H,62,68)(H,63,66)/t38-,47?,48?,49-,50-,51?,52-/m0/s1. The molecule has 15 nitrogen and oxygen atoms in total. The van der Waals surface area contributed by atoms with Crippen molar-refractivity contribution in [3.8, 4) is 0 Å². The summed E-state index contributed by atoms with van der Waals surface area (Å²) in [7, 11) is 1.25. The number of carbonyl (C=O) groups excluding carboxylic acids is 4. The summed E-state index contributed by atoms with van der Waals surface area (Å²) in [5.74, 6) is -2.85. The number of nitrogens with one attached hydrogen (secondary N) is 5. The van der Waals surface area contributed by atoms with Crippen LogP contribution in [-0.2, 0) is 67.7 Å². The zero-order valence-corrected chi connectivity index (χ0v) is 42.6. The lowest BCUT2D eigenvalue weighted by atomic mass is 9.84. The van der Waals surface area contributed by atoms with E-state index in [1.807, 2.05) is 76.4 Å². The first-order chi connectivity index (χ1) is 34.3. The molecule has 0 saturated carbocycles. The molecule has 2 heterocycles. The average molecular weight is 973 g/mol. The molecule has 5 aromatic rings. The number of carbonyl (C=O) groups is 4. The Morgan fingerprint density at radius 2 is 1.46 bits per heavy atom. The predicted octanol–water partition coefficient (Wildman–Crippen LogP) is 6.59. The molecule has 1 aliphatic rings. The van der Waals surface area contributed by atoms with Crippen LogP contribution in [0.15, 0.2) is 104 Å². The first-order valence-electron chi connectivity index (χ1n) is 25.4. The summed E-state index contributed by atoms with van der Waals surface area (Å²) in [4.78, 5) is 67.3. The molecule has 71 heavy (non-hydrogen) atoms. The minimum Gasteiger partial charge on any atom is -0.467 e. The van der Waals surface area contributed by atoms with E-state index in [-0.39, 0.29) is 49.2 Å². The van der Waals surface area contributed by atoms with Crippen molar-refractivity contribution in [3.63, 3.8) is 0 Å². The van der Waals surface area contributed by atoms with E-state index in [1.54, 1.807) is 18.7 Å². The van der Waals surface area contributed by atoms with Gasteiger partial charge in [0.15, 0.2) is 0 Å². The van der Waals surface area contributed by atoms with Gasteiger partial charge in [0.1, 0.15) is 18.8 Å². The minimum atomic E-state index is -1.11. The van der Waals surface area contributed by atoms with E-state index in [1.165, 1.54) is 35.7 Å². The number of methoxy groups -OCH3 is 1. The number of nitrogens with zero attached hydrogens (tertiary/aromatic N) is 3. The highest BCUT2D eigenvalue weighted by molar-refractivity contribution is 5.91. The van der Waals surface area contributed by atoms with Gasteiger partial charge in [0, 0.05) is 48.5 Å². The number of aromatic nitrogens is 4. The molecule has 15 heteroatoms. The van der Waals surface area contributed by atoms with Crippen LogP contribution in [0.3, 0.4) is 0 Å². The van der Waals surface area contributed by atoms with E-state index >= 15 is 0 Å². The summed E-state index contributed by atoms with van der Waals surface area (Å²) in [5.41, 5.74) is 7.80. The molecule has 0 saturated heterocycles. The Bertz CT molecular complexity index is 2390. The Morgan fingerprint density at radius 3 is 2.08 bits per heavy atom. The maximum Gasteiger partial charge on any atom is 0.328 e. The number of ether oxygens (including phenoxy) is 2. The number of hydrogen-bond donors (Lipinski definition) is 6. The van der Waals surface area contributed by atoms with E-state index < -0.39 is 54.0 Å². The molecule has 3 amide bonds. The summed E-state index contributed by atoms with van der Waals surface area (Å²) < 4.78 is 13.0. The minimum absolute atomic E-state index is 0.0325. The second kappa shape index (κ2) is 26.9. The van der Waals surface area contributed by atoms with Gasteiger partial charge >= 0.3 is 5.97 Å². The molecule has 2 aromatic heterocycles. The highest BCUT2D eigenvalue weighted by Gasteiger charge is 2.36. The van der Waals surface area contributed by atoms with Crippen molar-refractivity contribution in [1.29, 1.82) is 0 Å². The van der Waals surface area contributed by atoms with Gasteiger partial charge in [-0.1, -0.05) is 127 Å². The number of rotatable bonds is 27. The quantitative estimate of drug-likeness (QED) is 0.0312. The fourth-order valence-corrected chi connectivity index (χ4v) is 9.68. The molecule has 3 aromatic carbocycles. The zero-order valence-electron chi connectivity index (χ0n) is 42.6. The van der Waals surface area contributed by atoms with Crippen molar-refractivity contribution in [3.05, 3.63) is 143 Å². The monoisotopic (exact) mass is 973 g/mol. The van der Waals surface area contributed by atoms with Crippen molar-refractivity contribution in [2.24, 2.45) is 23.7 Å². The van der Waals surface area contributed by atoms with Gasteiger partial charge in [0.25, 0.3) is 0 Å². The van der Waals surface area contributed by atoms with Crippen LogP contribution >= 0.6 is 0 Å². The lowest BCUT2D eigenvalue weighted by Gasteiger charge is -2.32. The first-order valence-corrected chi connectivity index (χ1v) is 25.4. The number of aryl methyl sites for hydroxylation is 2. The highest BCUT2D eigenvalue weighted by Crippen LogP contribution is 2.36. The fraction of sp³-hybridized carbons (Fsp3) is 0.500. The molecule has 7 atom stereocenters. The van der Waals surface area contributed by atoms with E-state index in [0.29, 0.717) is 38.1 Å². The Labute approximate surface area is 419 Å². The average Bonchev–Trinajstić information content (AvgIpc) is 4.03. The maximum atomic E-state index is 14.8. The number of amides is 3. The van der Waals surface area contributed by atoms with E-state index in [2.05, 4.69) is 84.8 Å². The fourth-order valence-electron chi connectivity index (χ4n) is 9.68. The van der Waals surface area contributed by atoms with Crippen LogP contribution in [0.2, 0.25) is 0 Å². The molecular weight excluding hydrogens is 897 g/mol. The molecule has 0 bridgehead atoms. The topological polar surface area (TPSA) is 202 Å². The third-order valence-corrected chi connectivity index (χ3v) is 13.9. The molecule has 0 aliphatic heterocycles. The maximum absolute atomic E-state index is 14.8. The third-order valence-electron chi connectivity index (χ3n) is 13.9. The molecule has 1 aliphatic carbocycles. The smallest absolute Gasteiger partial charge is 0.328 e. The normalized spacial score (nSPS) is 15.6. The van der Waals surface area contributed by atoms with Crippen molar-refractivity contribution < 1.29 is 33.8 Å². The molecular formula is C56H76N8O7. The summed E-state index contributed by atoms with van der Waals surface area (Å²) in [5, 5.41) is 24.8. The summed E-state index contributed by atoms with van der Waals surface area (Å²) in [6.45, 7) is 12.9. The lowest BCUT2D eigenvalue weighted by molar-refractivity contribution is -0.145. The van der Waals surface area contributed by atoms with Gasteiger partial charge in [-0.05, 0) is 84.2 Å². The highest BCUT2D eigenvalue weighted by atomic mass is 16.5. The zero-order chi connectivity index (χ0) is 50.9. The third kappa shape index (κ3) is 15.4. The largest absolute Gasteiger partial charge is 0.467 e. The van der Waals surface area contributed by atoms with E-state index in [0.717, 1.165) is 30.5 Å². The lowest BCUT2D eigenvalue weighted by Crippen LogP contribution is -2.56. The number of H-pyrrole nitrogens is 1. The second-order valence-corrected chi connectivity index (χ2v) is 19.9. The van der Waals surface area contributed by atoms with Crippen LogP contribution in [0.4, 0.5) is 0 Å². The van der Waals surface area contributed by atoms with Gasteiger partial charge in [-0.25, -0.2) is 14.8 Å². The molecule has 382 valence electrons. The predicted molar refractivity (Wildman–Crippen MR) is 274 cm³/mol. The molecule has 0 fully saturated rings. The molecule has 6 N–H and O–H groups in total. The van der Waals surface area contributed by atoms with Crippen LogP contribution in [-0.4, -0.2) is 92.2 Å². The molecule has 0 radical (unpaired) electrons. The Hall–Kier alpha value is -6.16. The van der Waals surface area contributed by atoms with Gasteiger partial charge in [0.2, 0.25) is 17.7 Å². The number of benzene rings is 3. The van der Waals surface area contributed by atoms with Gasteiger partial charge in [0.05, 0.1) is 44.6 Å². The second-order valence-electron chi connectivity index (χ2n) is 19.9. The van der Waals surface area contributed by atoms with Gasteiger partial charge in [-0.15, -0.1) is 0 Å². The van der Waals surface area contributed by atoms with Crippen LogP contribution in [0, 0.1) is 23.7 Å². The first kappa shape index (κ1) is 54.2. The molecule has 6 rings (SSSR count). The van der Waals surface area contributed by atoms with Crippen LogP contribution in [0.1, 0.15) is 112 Å². The van der Waals surface area contributed by atoms with Crippen molar-refractivity contribution in [2.75, 3.05) is 13.7 Å².